The van der Waals surface area contributed by atoms with Gasteiger partial charge in [0, 0.05) is 0 Å². The lowest BCUT2D eigenvalue weighted by Gasteiger charge is -2.06. The van der Waals surface area contributed by atoms with Crippen molar-refractivity contribution in [2.45, 2.75) is 26.2 Å². The van der Waals surface area contributed by atoms with Gasteiger partial charge in [0.2, 0.25) is 0 Å². The van der Waals surface area contributed by atoms with E-state index in [9.17, 15) is 0 Å². The molecule has 0 aromatic carbocycles. The van der Waals surface area contributed by atoms with Gasteiger partial charge in [-0.15, -0.1) is 0 Å². The highest BCUT2D eigenvalue weighted by atomic mass is 15.3. The molecule has 13 heavy (non-hydrogen) atoms. The first kappa shape index (κ1) is 8.16. The van der Waals surface area contributed by atoms with Crippen LogP contribution < -0.4 is 0 Å². The van der Waals surface area contributed by atoms with Crippen LogP contribution in [0.15, 0.2) is 18.7 Å². The maximum absolute atomic E-state index is 4.33. The van der Waals surface area contributed by atoms with Crippen LogP contribution in [0.1, 0.15) is 31.9 Å². The first-order chi connectivity index (χ1) is 6.31. The monoisotopic (exact) mass is 176 g/mol. The van der Waals surface area contributed by atoms with E-state index in [2.05, 4.69) is 28.9 Å². The third kappa shape index (κ3) is 1.39. The number of hydrogen-bond donors (Lipinski definition) is 0. The second-order valence-corrected chi connectivity index (χ2v) is 3.18. The number of nitrogens with zero attached hydrogens (tertiary/aromatic N) is 4. The van der Waals surface area contributed by atoms with Crippen molar-refractivity contribution in [2.75, 3.05) is 0 Å². The predicted molar refractivity (Wildman–Crippen MR) is 49.5 cm³/mol. The maximum Gasteiger partial charge on any atom is 0.173 e. The van der Waals surface area contributed by atoms with Crippen molar-refractivity contribution in [3.8, 4) is 0 Å². The number of hydrogen-bond acceptors (Lipinski definition) is 3. The molecular formula is C9H12N4. The molecule has 0 radical (unpaired) electrons. The highest BCUT2D eigenvalue weighted by Crippen LogP contribution is 2.15. The van der Waals surface area contributed by atoms with Gasteiger partial charge in [-0.2, -0.15) is 5.10 Å². The molecule has 0 spiro atoms. The topological polar surface area (TPSA) is 43.1 Å². The molecule has 4 nitrogen and oxygen atoms in total. The predicted octanol–water partition coefficient (Wildman–Crippen LogP) is 1.64. The maximum atomic E-state index is 4.33. The molecule has 1 atom stereocenters. The lowest BCUT2D eigenvalue weighted by Crippen LogP contribution is -1.99. The molecule has 0 fully saturated rings. The van der Waals surface area contributed by atoms with Crippen LogP contribution in [0.5, 0.6) is 0 Å². The second kappa shape index (κ2) is 3.12. The molecule has 0 amide bonds. The summed E-state index contributed by atoms with van der Waals surface area (Å²) in [5.74, 6) is 0.480. The first-order valence-corrected chi connectivity index (χ1v) is 4.46. The zero-order valence-electron chi connectivity index (χ0n) is 7.81. The van der Waals surface area contributed by atoms with Crippen molar-refractivity contribution in [2.24, 2.45) is 0 Å². The van der Waals surface area contributed by atoms with Crippen molar-refractivity contribution in [1.82, 2.24) is 19.6 Å². The van der Waals surface area contributed by atoms with E-state index < -0.39 is 0 Å². The fraction of sp³-hybridized carbons (Fsp3) is 0.444. The SMILES string of the molecule is CCC(C)c1cn2ncnc2cn1. The lowest BCUT2D eigenvalue weighted by molar-refractivity contribution is 0.696. The van der Waals surface area contributed by atoms with Crippen LogP contribution in [0.2, 0.25) is 0 Å². The summed E-state index contributed by atoms with van der Waals surface area (Å²) in [4.78, 5) is 8.36. The van der Waals surface area contributed by atoms with E-state index in [1.807, 2.05) is 6.20 Å². The minimum atomic E-state index is 0.480. The highest BCUT2D eigenvalue weighted by molar-refractivity contribution is 5.32. The number of rotatable bonds is 2. The van der Waals surface area contributed by atoms with E-state index in [1.54, 1.807) is 10.7 Å². The first-order valence-electron chi connectivity index (χ1n) is 4.46. The molecular weight excluding hydrogens is 164 g/mol. The zero-order chi connectivity index (χ0) is 9.26. The van der Waals surface area contributed by atoms with Crippen LogP contribution >= 0.6 is 0 Å². The molecule has 0 aliphatic rings. The third-order valence-corrected chi connectivity index (χ3v) is 2.30. The number of aromatic nitrogens is 4. The summed E-state index contributed by atoms with van der Waals surface area (Å²) in [7, 11) is 0. The van der Waals surface area contributed by atoms with Crippen LogP contribution in [-0.2, 0) is 0 Å². The summed E-state index contributed by atoms with van der Waals surface area (Å²) in [6, 6.07) is 0. The molecule has 0 bridgehead atoms. The van der Waals surface area contributed by atoms with Gasteiger partial charge in [0.25, 0.3) is 0 Å². The van der Waals surface area contributed by atoms with Crippen molar-refractivity contribution in [3.63, 3.8) is 0 Å². The molecule has 0 saturated carbocycles. The van der Waals surface area contributed by atoms with Gasteiger partial charge in [-0.25, -0.2) is 9.50 Å². The largest absolute Gasteiger partial charge is 0.255 e. The summed E-state index contributed by atoms with van der Waals surface area (Å²) in [6.07, 6.45) is 6.33. The van der Waals surface area contributed by atoms with E-state index in [0.29, 0.717) is 5.92 Å². The molecule has 2 heterocycles. The molecule has 2 aromatic rings. The Morgan fingerprint density at radius 1 is 1.46 bits per heavy atom. The Morgan fingerprint density at radius 2 is 2.31 bits per heavy atom. The highest BCUT2D eigenvalue weighted by Gasteiger charge is 2.05. The lowest BCUT2D eigenvalue weighted by atomic mass is 10.1. The Bertz CT molecular complexity index is 407. The van der Waals surface area contributed by atoms with Gasteiger partial charge in [0.1, 0.15) is 6.33 Å². The van der Waals surface area contributed by atoms with Gasteiger partial charge in [0.15, 0.2) is 5.65 Å². The minimum Gasteiger partial charge on any atom is -0.255 e. The van der Waals surface area contributed by atoms with Crippen LogP contribution in [0.25, 0.3) is 5.65 Å². The molecule has 2 rings (SSSR count). The average Bonchev–Trinajstić information content (AvgIpc) is 2.63. The zero-order valence-corrected chi connectivity index (χ0v) is 7.81. The fourth-order valence-corrected chi connectivity index (χ4v) is 1.21. The number of fused-ring (bicyclic) bond motifs is 1. The van der Waals surface area contributed by atoms with Crippen LogP contribution in [0, 0.1) is 0 Å². The minimum absolute atomic E-state index is 0.480. The van der Waals surface area contributed by atoms with Crippen molar-refractivity contribution >= 4 is 5.65 Å². The van der Waals surface area contributed by atoms with E-state index in [1.165, 1.54) is 6.33 Å². The van der Waals surface area contributed by atoms with Crippen LogP contribution in [-0.4, -0.2) is 19.6 Å². The molecule has 1 unspecified atom stereocenters. The van der Waals surface area contributed by atoms with Gasteiger partial charge in [-0.3, -0.25) is 4.98 Å². The van der Waals surface area contributed by atoms with Crippen LogP contribution in [0.3, 0.4) is 0 Å². The Balaban J connectivity index is 2.48. The fourth-order valence-electron chi connectivity index (χ4n) is 1.21. The van der Waals surface area contributed by atoms with Gasteiger partial charge in [0.05, 0.1) is 18.1 Å². The van der Waals surface area contributed by atoms with Gasteiger partial charge < -0.3 is 0 Å². The van der Waals surface area contributed by atoms with Crippen molar-refractivity contribution in [3.05, 3.63) is 24.4 Å². The summed E-state index contributed by atoms with van der Waals surface area (Å²) in [5, 5.41) is 4.06. The van der Waals surface area contributed by atoms with Crippen molar-refractivity contribution < 1.29 is 0 Å². The Hall–Kier alpha value is -1.45. The summed E-state index contributed by atoms with van der Waals surface area (Å²) < 4.78 is 1.76. The summed E-state index contributed by atoms with van der Waals surface area (Å²) in [5.41, 5.74) is 1.87. The average molecular weight is 176 g/mol. The van der Waals surface area contributed by atoms with Gasteiger partial charge in [-0.05, 0) is 12.3 Å². The molecule has 0 saturated heterocycles. The third-order valence-electron chi connectivity index (χ3n) is 2.30. The molecule has 0 N–H and O–H groups in total. The molecule has 0 aliphatic carbocycles. The Kier molecular flexibility index (Phi) is 1.96. The Labute approximate surface area is 76.6 Å². The van der Waals surface area contributed by atoms with E-state index in [-0.39, 0.29) is 0 Å². The second-order valence-electron chi connectivity index (χ2n) is 3.18. The normalized spacial score (nSPS) is 13.4. The molecule has 0 aliphatic heterocycles. The van der Waals surface area contributed by atoms with E-state index in [4.69, 9.17) is 0 Å². The van der Waals surface area contributed by atoms with Crippen molar-refractivity contribution in [1.29, 1.82) is 0 Å². The molecule has 2 aromatic heterocycles. The van der Waals surface area contributed by atoms with Gasteiger partial charge >= 0.3 is 0 Å². The van der Waals surface area contributed by atoms with E-state index in [0.717, 1.165) is 17.8 Å². The smallest absolute Gasteiger partial charge is 0.173 e. The summed E-state index contributed by atoms with van der Waals surface area (Å²) in [6.45, 7) is 4.31. The van der Waals surface area contributed by atoms with E-state index >= 15 is 0 Å². The Morgan fingerprint density at radius 3 is 3.08 bits per heavy atom. The van der Waals surface area contributed by atoms with Crippen LogP contribution in [0.4, 0.5) is 0 Å². The summed E-state index contributed by atoms with van der Waals surface area (Å²) >= 11 is 0. The van der Waals surface area contributed by atoms with Gasteiger partial charge in [-0.1, -0.05) is 13.8 Å². The standard InChI is InChI=1S/C9H12N4/c1-3-7(2)8-5-13-9(4-10-8)11-6-12-13/h4-7H,3H2,1-2H3. The molecule has 68 valence electrons. The quantitative estimate of drug-likeness (QED) is 0.698. The molecule has 4 heteroatoms.